The molecule has 0 amide bonds. The predicted octanol–water partition coefficient (Wildman–Crippen LogP) is 4.95. The van der Waals surface area contributed by atoms with Gasteiger partial charge in [-0.15, -0.1) is 0 Å². The van der Waals surface area contributed by atoms with E-state index >= 15 is 0 Å². The van der Waals surface area contributed by atoms with Crippen LogP contribution in [-0.2, 0) is 0 Å². The highest BCUT2D eigenvalue weighted by molar-refractivity contribution is 9.10. The number of carboxylic acids is 1. The molecule has 0 aliphatic carbocycles. The first-order chi connectivity index (χ1) is 8.58. The summed E-state index contributed by atoms with van der Waals surface area (Å²) >= 11 is 10.8. The summed E-state index contributed by atoms with van der Waals surface area (Å²) in [7, 11) is 0. The van der Waals surface area contributed by atoms with Crippen molar-refractivity contribution in [2.75, 3.05) is 0 Å². The van der Waals surface area contributed by atoms with Crippen LogP contribution in [-0.4, -0.2) is 11.1 Å². The Morgan fingerprint density at radius 3 is 2.56 bits per heavy atom. The van der Waals surface area contributed by atoms with E-state index in [1.54, 1.807) is 18.2 Å². The smallest absolute Gasteiger partial charge is 0.336 e. The molecule has 0 unspecified atom stereocenters. The van der Waals surface area contributed by atoms with Crippen LogP contribution in [0.3, 0.4) is 0 Å². The Morgan fingerprint density at radius 1 is 1.22 bits per heavy atom. The number of carbonyl (C=O) groups is 1. The van der Waals surface area contributed by atoms with E-state index in [1.807, 2.05) is 24.3 Å². The molecule has 0 radical (unpaired) electrons. The van der Waals surface area contributed by atoms with Gasteiger partial charge in [0.2, 0.25) is 0 Å². The molecule has 0 aromatic heterocycles. The van der Waals surface area contributed by atoms with E-state index in [1.165, 1.54) is 11.8 Å². The molecular weight excluding hydrogens is 336 g/mol. The van der Waals surface area contributed by atoms with Crippen molar-refractivity contribution in [3.8, 4) is 0 Å². The SMILES string of the molecule is O=C(O)c1ccc(Sc2ccccc2Cl)cc1Br. The van der Waals surface area contributed by atoms with E-state index in [9.17, 15) is 4.79 Å². The zero-order valence-corrected chi connectivity index (χ0v) is 12.2. The fourth-order valence-electron chi connectivity index (χ4n) is 1.39. The lowest BCUT2D eigenvalue weighted by molar-refractivity contribution is 0.0696. The van der Waals surface area contributed by atoms with Gasteiger partial charge in [0.25, 0.3) is 0 Å². The van der Waals surface area contributed by atoms with E-state index in [0.29, 0.717) is 9.50 Å². The third kappa shape index (κ3) is 3.07. The number of benzene rings is 2. The summed E-state index contributed by atoms with van der Waals surface area (Å²) in [6.45, 7) is 0. The first-order valence-corrected chi connectivity index (χ1v) is 7.02. The second kappa shape index (κ2) is 5.78. The van der Waals surface area contributed by atoms with Crippen LogP contribution in [0.5, 0.6) is 0 Å². The van der Waals surface area contributed by atoms with Crippen LogP contribution in [0.1, 0.15) is 10.4 Å². The third-order valence-electron chi connectivity index (χ3n) is 2.24. The fraction of sp³-hybridized carbons (Fsp3) is 0. The molecule has 0 heterocycles. The molecule has 0 bridgehead atoms. The molecule has 0 aliphatic heterocycles. The topological polar surface area (TPSA) is 37.3 Å². The minimum absolute atomic E-state index is 0.249. The van der Waals surface area contributed by atoms with Crippen LogP contribution in [0.4, 0.5) is 0 Å². The van der Waals surface area contributed by atoms with Crippen LogP contribution >= 0.6 is 39.3 Å². The van der Waals surface area contributed by atoms with Gasteiger partial charge in [-0.1, -0.05) is 35.5 Å². The number of carboxylic acid groups (broad SMARTS) is 1. The largest absolute Gasteiger partial charge is 0.478 e. The summed E-state index contributed by atoms with van der Waals surface area (Å²) < 4.78 is 0.562. The molecule has 2 nitrogen and oxygen atoms in total. The minimum Gasteiger partial charge on any atom is -0.478 e. The zero-order chi connectivity index (χ0) is 13.1. The molecular formula is C13H8BrClO2S. The minimum atomic E-state index is -0.948. The van der Waals surface area contributed by atoms with Crippen molar-refractivity contribution < 1.29 is 9.90 Å². The monoisotopic (exact) mass is 342 g/mol. The first-order valence-electron chi connectivity index (χ1n) is 5.03. The third-order valence-corrected chi connectivity index (χ3v) is 4.40. The maximum Gasteiger partial charge on any atom is 0.336 e. The fourth-order valence-corrected chi connectivity index (χ4v) is 3.22. The Labute approximate surface area is 122 Å². The molecule has 2 rings (SSSR count). The normalized spacial score (nSPS) is 10.3. The molecule has 2 aromatic rings. The van der Waals surface area contributed by atoms with Gasteiger partial charge in [-0.05, 0) is 46.3 Å². The summed E-state index contributed by atoms with van der Waals surface area (Å²) in [4.78, 5) is 12.8. The van der Waals surface area contributed by atoms with Crippen LogP contribution in [0.15, 0.2) is 56.7 Å². The first kappa shape index (κ1) is 13.5. The highest BCUT2D eigenvalue weighted by atomic mass is 79.9. The maximum atomic E-state index is 10.9. The number of halogens is 2. The van der Waals surface area contributed by atoms with Gasteiger partial charge in [-0.25, -0.2) is 4.79 Å². The second-order valence-electron chi connectivity index (χ2n) is 3.48. The van der Waals surface area contributed by atoms with E-state index < -0.39 is 5.97 Å². The van der Waals surface area contributed by atoms with Crippen LogP contribution in [0.25, 0.3) is 0 Å². The Hall–Kier alpha value is -0.970. The van der Waals surface area contributed by atoms with E-state index in [4.69, 9.17) is 16.7 Å². The molecule has 0 aliphatic rings. The van der Waals surface area contributed by atoms with E-state index in [2.05, 4.69) is 15.9 Å². The van der Waals surface area contributed by atoms with Crippen molar-refractivity contribution in [1.82, 2.24) is 0 Å². The van der Waals surface area contributed by atoms with Crippen molar-refractivity contribution in [2.45, 2.75) is 9.79 Å². The van der Waals surface area contributed by atoms with Gasteiger partial charge < -0.3 is 5.11 Å². The molecule has 5 heteroatoms. The Balaban J connectivity index is 2.29. The Morgan fingerprint density at radius 2 is 1.94 bits per heavy atom. The predicted molar refractivity (Wildman–Crippen MR) is 76.7 cm³/mol. The van der Waals surface area contributed by atoms with Crippen LogP contribution < -0.4 is 0 Å². The van der Waals surface area contributed by atoms with Gasteiger partial charge in [0.1, 0.15) is 0 Å². The van der Waals surface area contributed by atoms with Gasteiger partial charge in [0.05, 0.1) is 10.6 Å². The van der Waals surface area contributed by atoms with Crippen LogP contribution in [0, 0.1) is 0 Å². The molecule has 0 spiro atoms. The van der Waals surface area contributed by atoms with Gasteiger partial charge in [0.15, 0.2) is 0 Å². The Kier molecular flexibility index (Phi) is 4.32. The standard InChI is InChI=1S/C13H8BrClO2S/c14-10-7-8(5-6-9(10)13(16)17)18-12-4-2-1-3-11(12)15/h1-7H,(H,16,17). The average Bonchev–Trinajstić information content (AvgIpc) is 2.32. The second-order valence-corrected chi connectivity index (χ2v) is 5.86. The van der Waals surface area contributed by atoms with Crippen molar-refractivity contribution in [3.05, 3.63) is 57.5 Å². The molecule has 92 valence electrons. The van der Waals surface area contributed by atoms with Crippen molar-refractivity contribution in [2.24, 2.45) is 0 Å². The summed E-state index contributed by atoms with van der Waals surface area (Å²) in [5.74, 6) is -0.948. The van der Waals surface area contributed by atoms with E-state index in [-0.39, 0.29) is 5.56 Å². The Bertz CT molecular complexity index is 601. The molecule has 0 saturated heterocycles. The lowest BCUT2D eigenvalue weighted by Gasteiger charge is -2.05. The summed E-state index contributed by atoms with van der Waals surface area (Å²) in [6, 6.07) is 12.6. The maximum absolute atomic E-state index is 10.9. The van der Waals surface area contributed by atoms with Gasteiger partial charge in [-0.3, -0.25) is 0 Å². The van der Waals surface area contributed by atoms with Gasteiger partial charge in [-0.2, -0.15) is 0 Å². The lowest BCUT2D eigenvalue weighted by Crippen LogP contribution is -1.97. The lowest BCUT2D eigenvalue weighted by atomic mass is 10.2. The molecule has 2 aromatic carbocycles. The number of aromatic carboxylic acids is 1. The molecule has 0 fully saturated rings. The van der Waals surface area contributed by atoms with Crippen molar-refractivity contribution in [3.63, 3.8) is 0 Å². The van der Waals surface area contributed by atoms with Crippen molar-refractivity contribution in [1.29, 1.82) is 0 Å². The average molecular weight is 344 g/mol. The van der Waals surface area contributed by atoms with Gasteiger partial charge >= 0.3 is 5.97 Å². The van der Waals surface area contributed by atoms with Crippen molar-refractivity contribution >= 4 is 45.3 Å². The highest BCUT2D eigenvalue weighted by Gasteiger charge is 2.09. The molecule has 0 saturated carbocycles. The quantitative estimate of drug-likeness (QED) is 0.856. The number of hydrogen-bond acceptors (Lipinski definition) is 2. The molecule has 18 heavy (non-hydrogen) atoms. The zero-order valence-electron chi connectivity index (χ0n) is 9.06. The number of rotatable bonds is 3. The summed E-state index contributed by atoms with van der Waals surface area (Å²) in [5.41, 5.74) is 0.249. The van der Waals surface area contributed by atoms with Gasteiger partial charge in [0, 0.05) is 14.3 Å². The molecule has 0 atom stereocenters. The van der Waals surface area contributed by atoms with E-state index in [0.717, 1.165) is 9.79 Å². The summed E-state index contributed by atoms with van der Waals surface area (Å²) in [5, 5.41) is 9.61. The summed E-state index contributed by atoms with van der Waals surface area (Å²) in [6.07, 6.45) is 0. The van der Waals surface area contributed by atoms with Crippen LogP contribution in [0.2, 0.25) is 5.02 Å². The highest BCUT2D eigenvalue weighted by Crippen LogP contribution is 2.34. The number of hydrogen-bond donors (Lipinski definition) is 1. The molecule has 1 N–H and O–H groups in total.